The zero-order valence-corrected chi connectivity index (χ0v) is 13.0. The number of benzene rings is 1. The molecule has 0 saturated carbocycles. The van der Waals surface area contributed by atoms with Crippen LogP contribution in [0.1, 0.15) is 25.3 Å². The van der Waals surface area contributed by atoms with Gasteiger partial charge in [0.15, 0.2) is 0 Å². The molecular formula is C14H15ClN2O2S. The Morgan fingerprint density at radius 1 is 1.30 bits per heavy atom. The summed E-state index contributed by atoms with van der Waals surface area (Å²) in [5.74, 6) is -0.0677. The van der Waals surface area contributed by atoms with Crippen LogP contribution in [0.4, 0.5) is 0 Å². The lowest BCUT2D eigenvalue weighted by atomic mass is 10.1. The van der Waals surface area contributed by atoms with E-state index >= 15 is 0 Å². The Bertz CT molecular complexity index is 750. The highest BCUT2D eigenvalue weighted by molar-refractivity contribution is 7.98. The molecule has 4 nitrogen and oxygen atoms in total. The van der Waals surface area contributed by atoms with Crippen LogP contribution < -0.4 is 11.2 Å². The topological polar surface area (TPSA) is 54.9 Å². The minimum atomic E-state index is -0.525. The molecule has 2 aromatic rings. The molecule has 1 aromatic heterocycles. The van der Waals surface area contributed by atoms with Crippen molar-refractivity contribution in [3.05, 3.63) is 55.8 Å². The summed E-state index contributed by atoms with van der Waals surface area (Å²) in [6.07, 6.45) is 1.94. The molecular weight excluding hydrogens is 296 g/mol. The molecule has 6 heteroatoms. The lowest BCUT2D eigenvalue weighted by Crippen LogP contribution is -2.36. The Kier molecular flexibility index (Phi) is 4.40. The number of aromatic nitrogens is 2. The van der Waals surface area contributed by atoms with Crippen LogP contribution in [0.15, 0.2) is 38.8 Å². The Morgan fingerprint density at radius 2 is 2.00 bits per heavy atom. The predicted molar refractivity (Wildman–Crippen MR) is 83.5 cm³/mol. The van der Waals surface area contributed by atoms with E-state index in [4.69, 9.17) is 11.6 Å². The second-order valence-corrected chi connectivity index (χ2v) is 5.91. The number of thioether (sulfide) groups is 1. The molecule has 0 aliphatic heterocycles. The fourth-order valence-electron chi connectivity index (χ4n) is 2.01. The highest BCUT2D eigenvalue weighted by Crippen LogP contribution is 2.19. The van der Waals surface area contributed by atoms with E-state index in [1.807, 2.05) is 32.2 Å². The van der Waals surface area contributed by atoms with Gasteiger partial charge in [-0.25, -0.2) is 9.36 Å². The van der Waals surface area contributed by atoms with Gasteiger partial charge in [0.05, 0.1) is 11.3 Å². The van der Waals surface area contributed by atoms with Crippen LogP contribution in [0.5, 0.6) is 0 Å². The largest absolute Gasteiger partial charge is 0.334 e. The molecule has 0 fully saturated rings. The number of aromatic amines is 1. The SMILES string of the molecule is CSc1cccc(-n2c(=O)[nH]c(Cl)c(C(C)C)c2=O)c1. The lowest BCUT2D eigenvalue weighted by Gasteiger charge is -2.11. The van der Waals surface area contributed by atoms with E-state index in [-0.39, 0.29) is 16.6 Å². The molecule has 0 saturated heterocycles. The first-order chi connectivity index (χ1) is 9.45. The van der Waals surface area contributed by atoms with E-state index in [2.05, 4.69) is 4.98 Å². The van der Waals surface area contributed by atoms with Gasteiger partial charge in [-0.2, -0.15) is 0 Å². The van der Waals surface area contributed by atoms with Gasteiger partial charge >= 0.3 is 5.69 Å². The first-order valence-electron chi connectivity index (χ1n) is 6.15. The molecule has 0 radical (unpaired) electrons. The second-order valence-electron chi connectivity index (χ2n) is 4.65. The van der Waals surface area contributed by atoms with Crippen molar-refractivity contribution >= 4 is 23.4 Å². The molecule has 0 bridgehead atoms. The Balaban J connectivity index is 2.77. The smallest absolute Gasteiger partial charge is 0.297 e. The average Bonchev–Trinajstić information content (AvgIpc) is 2.37. The zero-order valence-electron chi connectivity index (χ0n) is 11.4. The molecule has 2 rings (SSSR count). The van der Waals surface area contributed by atoms with Crippen molar-refractivity contribution in [2.45, 2.75) is 24.7 Å². The molecule has 0 spiro atoms. The van der Waals surface area contributed by atoms with Gasteiger partial charge in [-0.05, 0) is 30.4 Å². The quantitative estimate of drug-likeness (QED) is 0.700. The standard InChI is InChI=1S/C14H15ClN2O2S/c1-8(2)11-12(15)16-14(19)17(13(11)18)9-5-4-6-10(7-9)20-3/h4-8H,1-3H3,(H,16,19). The number of hydrogen-bond acceptors (Lipinski definition) is 3. The van der Waals surface area contributed by atoms with Gasteiger partial charge in [0.2, 0.25) is 0 Å². The number of nitrogens with zero attached hydrogens (tertiary/aromatic N) is 1. The highest BCUT2D eigenvalue weighted by atomic mass is 35.5. The van der Waals surface area contributed by atoms with Crippen LogP contribution in [-0.2, 0) is 0 Å². The van der Waals surface area contributed by atoms with Crippen LogP contribution in [-0.4, -0.2) is 15.8 Å². The van der Waals surface area contributed by atoms with E-state index in [1.165, 1.54) is 0 Å². The Labute approximate surface area is 125 Å². The van der Waals surface area contributed by atoms with Crippen molar-refractivity contribution in [1.29, 1.82) is 0 Å². The number of halogens is 1. The van der Waals surface area contributed by atoms with Crippen molar-refractivity contribution in [2.24, 2.45) is 0 Å². The maximum atomic E-state index is 12.5. The maximum absolute atomic E-state index is 12.5. The third-order valence-corrected chi connectivity index (χ3v) is 4.00. The van der Waals surface area contributed by atoms with Gasteiger partial charge in [-0.15, -0.1) is 11.8 Å². The Hall–Kier alpha value is -1.46. The van der Waals surface area contributed by atoms with E-state index < -0.39 is 5.69 Å². The van der Waals surface area contributed by atoms with Crippen LogP contribution in [0.2, 0.25) is 5.15 Å². The molecule has 20 heavy (non-hydrogen) atoms. The molecule has 0 aliphatic rings. The fourth-order valence-corrected chi connectivity index (χ4v) is 2.84. The molecule has 1 aromatic carbocycles. The first-order valence-corrected chi connectivity index (χ1v) is 7.75. The van der Waals surface area contributed by atoms with E-state index in [0.29, 0.717) is 11.3 Å². The van der Waals surface area contributed by atoms with E-state index in [9.17, 15) is 9.59 Å². The summed E-state index contributed by atoms with van der Waals surface area (Å²) in [6.45, 7) is 3.73. The van der Waals surface area contributed by atoms with Gasteiger partial charge in [0.25, 0.3) is 5.56 Å². The van der Waals surface area contributed by atoms with Gasteiger partial charge in [0, 0.05) is 4.90 Å². The first kappa shape index (κ1) is 14.9. The maximum Gasteiger partial charge on any atom is 0.334 e. The van der Waals surface area contributed by atoms with Crippen molar-refractivity contribution in [3.8, 4) is 5.69 Å². The van der Waals surface area contributed by atoms with Gasteiger partial charge < -0.3 is 0 Å². The summed E-state index contributed by atoms with van der Waals surface area (Å²) >= 11 is 7.52. The lowest BCUT2D eigenvalue weighted by molar-refractivity contribution is 0.776. The molecule has 0 aliphatic carbocycles. The fraction of sp³-hybridized carbons (Fsp3) is 0.286. The normalized spacial score (nSPS) is 11.1. The summed E-state index contributed by atoms with van der Waals surface area (Å²) < 4.78 is 1.13. The van der Waals surface area contributed by atoms with Crippen LogP contribution in [0, 0.1) is 0 Å². The Morgan fingerprint density at radius 3 is 2.60 bits per heavy atom. The summed E-state index contributed by atoms with van der Waals surface area (Å²) in [5, 5.41) is 0.118. The third kappa shape index (κ3) is 2.69. The van der Waals surface area contributed by atoms with Crippen molar-refractivity contribution < 1.29 is 0 Å². The molecule has 106 valence electrons. The summed E-state index contributed by atoms with van der Waals surface area (Å²) in [6, 6.07) is 7.27. The summed E-state index contributed by atoms with van der Waals surface area (Å²) in [4.78, 5) is 28.1. The van der Waals surface area contributed by atoms with Crippen molar-refractivity contribution in [2.75, 3.05) is 6.26 Å². The number of H-pyrrole nitrogens is 1. The third-order valence-electron chi connectivity index (χ3n) is 2.98. The summed E-state index contributed by atoms with van der Waals surface area (Å²) in [5.41, 5.74) is 0.0668. The second kappa shape index (κ2) is 5.89. The monoisotopic (exact) mass is 310 g/mol. The van der Waals surface area contributed by atoms with Crippen LogP contribution >= 0.6 is 23.4 Å². The summed E-state index contributed by atoms with van der Waals surface area (Å²) in [7, 11) is 0. The van der Waals surface area contributed by atoms with E-state index in [0.717, 1.165) is 9.46 Å². The highest BCUT2D eigenvalue weighted by Gasteiger charge is 2.16. The minimum absolute atomic E-state index is 0.0677. The van der Waals surface area contributed by atoms with Crippen LogP contribution in [0.25, 0.3) is 5.69 Å². The van der Waals surface area contributed by atoms with Gasteiger partial charge in [0.1, 0.15) is 5.15 Å². The van der Waals surface area contributed by atoms with Crippen molar-refractivity contribution in [3.63, 3.8) is 0 Å². The molecule has 0 unspecified atom stereocenters. The predicted octanol–water partition coefficient (Wildman–Crippen LogP) is 3.02. The minimum Gasteiger partial charge on any atom is -0.297 e. The molecule has 0 amide bonds. The molecule has 0 atom stereocenters. The number of hydrogen-bond donors (Lipinski definition) is 1. The molecule has 1 N–H and O–H groups in total. The van der Waals surface area contributed by atoms with Crippen LogP contribution in [0.3, 0.4) is 0 Å². The van der Waals surface area contributed by atoms with Gasteiger partial charge in [-0.3, -0.25) is 9.78 Å². The van der Waals surface area contributed by atoms with E-state index in [1.54, 1.807) is 23.9 Å². The zero-order chi connectivity index (χ0) is 14.9. The van der Waals surface area contributed by atoms with Crippen molar-refractivity contribution in [1.82, 2.24) is 9.55 Å². The van der Waals surface area contributed by atoms with Gasteiger partial charge in [-0.1, -0.05) is 31.5 Å². The average molecular weight is 311 g/mol. The number of rotatable bonds is 3. The molecule has 1 heterocycles. The number of nitrogens with one attached hydrogen (secondary N) is 1.